The number of hydrogen-bond donors (Lipinski definition) is 4. The molecular weight excluding hydrogens is 288 g/mol. The molecule has 0 aromatic rings. The molecule has 0 saturated heterocycles. The predicted octanol–water partition coefficient (Wildman–Crippen LogP) is 0.339. The van der Waals surface area contributed by atoms with Crippen LogP contribution >= 0.6 is 0 Å². The molecule has 1 fully saturated rings. The quantitative estimate of drug-likeness (QED) is 0.293. The van der Waals surface area contributed by atoms with Crippen molar-refractivity contribution in [2.75, 3.05) is 13.6 Å². The number of carbonyl (C=O) groups excluding carboxylic acids is 2. The summed E-state index contributed by atoms with van der Waals surface area (Å²) in [7, 11) is 1.70. The van der Waals surface area contributed by atoms with E-state index >= 15 is 0 Å². The molecule has 1 aliphatic rings. The van der Waals surface area contributed by atoms with E-state index in [4.69, 9.17) is 5.11 Å². The van der Waals surface area contributed by atoms with Gasteiger partial charge in [-0.2, -0.15) is 5.10 Å². The third-order valence-corrected chi connectivity index (χ3v) is 3.89. The first kappa shape index (κ1) is 18.1. The first-order valence-corrected chi connectivity index (χ1v) is 7.47. The van der Waals surface area contributed by atoms with E-state index in [1.165, 1.54) is 6.21 Å². The van der Waals surface area contributed by atoms with Gasteiger partial charge in [0.2, 0.25) is 0 Å². The summed E-state index contributed by atoms with van der Waals surface area (Å²) in [4.78, 5) is 32.8. The molecule has 0 bridgehead atoms. The van der Waals surface area contributed by atoms with Crippen LogP contribution in [-0.4, -0.2) is 49.2 Å². The number of nitrogens with one attached hydrogen (secondary N) is 3. The molecule has 8 heteroatoms. The highest BCUT2D eigenvalue weighted by Crippen LogP contribution is 2.28. The molecule has 8 nitrogen and oxygen atoms in total. The number of rotatable bonds is 8. The minimum Gasteiger partial charge on any atom is -0.481 e. The number of hydrogen-bond acceptors (Lipinski definition) is 5. The largest absolute Gasteiger partial charge is 0.481 e. The van der Waals surface area contributed by atoms with E-state index in [0.29, 0.717) is 25.3 Å². The summed E-state index contributed by atoms with van der Waals surface area (Å²) in [5.41, 5.74) is 2.34. The Kier molecular flexibility index (Phi) is 8.13. The molecule has 22 heavy (non-hydrogen) atoms. The van der Waals surface area contributed by atoms with Gasteiger partial charge in [0.1, 0.15) is 6.29 Å². The number of carboxylic acids is 1. The van der Waals surface area contributed by atoms with Gasteiger partial charge in [0, 0.05) is 19.2 Å². The third kappa shape index (κ3) is 6.66. The number of aldehydes is 1. The van der Waals surface area contributed by atoms with Crippen molar-refractivity contribution in [1.29, 1.82) is 0 Å². The zero-order valence-corrected chi connectivity index (χ0v) is 12.7. The average Bonchev–Trinajstić information content (AvgIpc) is 2.52. The van der Waals surface area contributed by atoms with Crippen molar-refractivity contribution in [1.82, 2.24) is 16.1 Å². The van der Waals surface area contributed by atoms with Crippen molar-refractivity contribution in [3.8, 4) is 0 Å². The summed E-state index contributed by atoms with van der Waals surface area (Å²) in [6.45, 7) is 0.511. The van der Waals surface area contributed by atoms with Gasteiger partial charge in [-0.15, -0.1) is 0 Å². The van der Waals surface area contributed by atoms with Gasteiger partial charge >= 0.3 is 12.0 Å². The molecule has 1 aliphatic carbocycles. The second-order valence-electron chi connectivity index (χ2n) is 5.45. The van der Waals surface area contributed by atoms with Gasteiger partial charge in [0.15, 0.2) is 0 Å². The Morgan fingerprint density at radius 1 is 1.32 bits per heavy atom. The summed E-state index contributed by atoms with van der Waals surface area (Å²) in [5, 5.41) is 18.3. The van der Waals surface area contributed by atoms with Crippen molar-refractivity contribution in [3.63, 3.8) is 0 Å². The van der Waals surface area contributed by atoms with Crippen LogP contribution in [-0.2, 0) is 9.59 Å². The molecule has 0 aromatic carbocycles. The second kappa shape index (κ2) is 9.88. The third-order valence-electron chi connectivity index (χ3n) is 3.89. The van der Waals surface area contributed by atoms with E-state index in [9.17, 15) is 14.4 Å². The monoisotopic (exact) mass is 312 g/mol. The molecule has 4 N–H and O–H groups in total. The van der Waals surface area contributed by atoms with Crippen molar-refractivity contribution in [3.05, 3.63) is 0 Å². The molecule has 0 spiro atoms. The number of aliphatic carboxylic acids is 1. The lowest BCUT2D eigenvalue weighted by Crippen LogP contribution is -2.38. The van der Waals surface area contributed by atoms with E-state index in [2.05, 4.69) is 21.2 Å². The number of carbonyl (C=O) groups is 3. The SMILES string of the molecule is CN[C@H](/C=N/NC(=O)NCC1CCC(C(=O)O)CC1)CC=O. The van der Waals surface area contributed by atoms with Crippen molar-refractivity contribution < 1.29 is 19.5 Å². The van der Waals surface area contributed by atoms with Crippen molar-refractivity contribution in [2.24, 2.45) is 16.9 Å². The van der Waals surface area contributed by atoms with Gasteiger partial charge in [0.25, 0.3) is 0 Å². The molecule has 0 aliphatic heterocycles. The molecule has 0 unspecified atom stereocenters. The summed E-state index contributed by atoms with van der Waals surface area (Å²) in [6, 6.07) is -0.610. The number of amides is 2. The zero-order valence-electron chi connectivity index (χ0n) is 12.7. The highest BCUT2D eigenvalue weighted by molar-refractivity contribution is 5.76. The van der Waals surface area contributed by atoms with Crippen LogP contribution < -0.4 is 16.1 Å². The van der Waals surface area contributed by atoms with E-state index in [1.54, 1.807) is 7.05 Å². The highest BCUT2D eigenvalue weighted by atomic mass is 16.4. The first-order chi connectivity index (χ1) is 10.6. The summed E-state index contributed by atoms with van der Waals surface area (Å²) < 4.78 is 0. The Morgan fingerprint density at radius 3 is 2.55 bits per heavy atom. The van der Waals surface area contributed by atoms with E-state index in [1.807, 2.05) is 0 Å². The Balaban J connectivity index is 2.20. The maximum Gasteiger partial charge on any atom is 0.335 e. The minimum atomic E-state index is -0.729. The summed E-state index contributed by atoms with van der Waals surface area (Å²) in [5.74, 6) is -0.663. The topological polar surface area (TPSA) is 120 Å². The summed E-state index contributed by atoms with van der Waals surface area (Å²) >= 11 is 0. The number of carboxylic acid groups (broad SMARTS) is 1. The molecule has 1 saturated carbocycles. The fraction of sp³-hybridized carbons (Fsp3) is 0.714. The maximum atomic E-state index is 11.6. The fourth-order valence-corrected chi connectivity index (χ4v) is 2.43. The Labute approximate surface area is 129 Å². The summed E-state index contributed by atoms with van der Waals surface area (Å²) in [6.07, 6.45) is 5.47. The predicted molar refractivity (Wildman–Crippen MR) is 81.6 cm³/mol. The number of hydrazone groups is 1. The van der Waals surface area contributed by atoms with Gasteiger partial charge < -0.3 is 20.5 Å². The smallest absolute Gasteiger partial charge is 0.335 e. The van der Waals surface area contributed by atoms with Crippen LogP contribution in [0.3, 0.4) is 0 Å². The van der Waals surface area contributed by atoms with Crippen LogP contribution in [0.4, 0.5) is 4.79 Å². The maximum absolute atomic E-state index is 11.6. The van der Waals surface area contributed by atoms with Gasteiger partial charge in [-0.05, 0) is 38.6 Å². The number of urea groups is 1. The van der Waals surface area contributed by atoms with Crippen LogP contribution in [0.2, 0.25) is 0 Å². The van der Waals surface area contributed by atoms with Crippen LogP contribution in [0.25, 0.3) is 0 Å². The second-order valence-corrected chi connectivity index (χ2v) is 5.45. The number of nitrogens with zero attached hydrogens (tertiary/aromatic N) is 1. The molecule has 0 aromatic heterocycles. The van der Waals surface area contributed by atoms with Crippen LogP contribution in [0.5, 0.6) is 0 Å². The molecule has 1 rings (SSSR count). The van der Waals surface area contributed by atoms with E-state index in [0.717, 1.165) is 19.1 Å². The molecule has 0 heterocycles. The first-order valence-electron chi connectivity index (χ1n) is 7.47. The highest BCUT2D eigenvalue weighted by Gasteiger charge is 2.25. The van der Waals surface area contributed by atoms with E-state index < -0.39 is 12.0 Å². The fourth-order valence-electron chi connectivity index (χ4n) is 2.43. The molecule has 2 amide bonds. The molecule has 124 valence electrons. The van der Waals surface area contributed by atoms with Gasteiger partial charge in [-0.25, -0.2) is 10.2 Å². The zero-order chi connectivity index (χ0) is 16.4. The lowest BCUT2D eigenvalue weighted by molar-refractivity contribution is -0.143. The Bertz CT molecular complexity index is 406. The standard InChI is InChI=1S/C14H24N4O4/c1-15-12(6-7-19)9-17-18-14(22)16-8-10-2-4-11(5-3-10)13(20)21/h7,9-12,15H,2-6,8H2,1H3,(H,20,21)(H2,16,18,22)/b17-9+/t10?,11?,12-/m0/s1. The Morgan fingerprint density at radius 2 is 2.00 bits per heavy atom. The molecule has 1 atom stereocenters. The van der Waals surface area contributed by atoms with Gasteiger partial charge in [0.05, 0.1) is 12.0 Å². The average molecular weight is 312 g/mol. The van der Waals surface area contributed by atoms with Gasteiger partial charge in [-0.1, -0.05) is 0 Å². The van der Waals surface area contributed by atoms with Crippen LogP contribution in [0.1, 0.15) is 32.1 Å². The van der Waals surface area contributed by atoms with E-state index in [-0.39, 0.29) is 18.4 Å². The molecular formula is C14H24N4O4. The molecule has 0 radical (unpaired) electrons. The lowest BCUT2D eigenvalue weighted by Gasteiger charge is -2.25. The Hall–Kier alpha value is -1.96. The minimum absolute atomic E-state index is 0.205. The van der Waals surface area contributed by atoms with Crippen LogP contribution in [0.15, 0.2) is 5.10 Å². The normalized spacial score (nSPS) is 23.0. The van der Waals surface area contributed by atoms with Crippen molar-refractivity contribution >= 4 is 24.5 Å². The van der Waals surface area contributed by atoms with Crippen molar-refractivity contribution in [2.45, 2.75) is 38.1 Å². The van der Waals surface area contributed by atoms with Crippen LogP contribution in [0, 0.1) is 11.8 Å². The van der Waals surface area contributed by atoms with Gasteiger partial charge in [-0.3, -0.25) is 4.79 Å². The lowest BCUT2D eigenvalue weighted by atomic mass is 9.82.